The molecule has 1 aliphatic rings. The van der Waals surface area contributed by atoms with Crippen LogP contribution in [0.2, 0.25) is 5.02 Å². The van der Waals surface area contributed by atoms with Crippen LogP contribution in [0, 0.1) is 0 Å². The van der Waals surface area contributed by atoms with E-state index in [0.29, 0.717) is 19.5 Å². The number of anilines is 1. The average molecular weight is 443 g/mol. The summed E-state index contributed by atoms with van der Waals surface area (Å²) in [4.78, 5) is 22.0. The Morgan fingerprint density at radius 1 is 1.23 bits per heavy atom. The Bertz CT molecular complexity index is 873. The molecule has 0 unspecified atom stereocenters. The van der Waals surface area contributed by atoms with Crippen molar-refractivity contribution in [3.63, 3.8) is 0 Å². The van der Waals surface area contributed by atoms with Crippen LogP contribution >= 0.6 is 11.6 Å². The fraction of sp³-hybridized carbons (Fsp3) is 0.450. The van der Waals surface area contributed by atoms with Crippen LogP contribution in [-0.4, -0.2) is 42.1 Å². The van der Waals surface area contributed by atoms with E-state index in [1.165, 1.54) is 18.5 Å². The zero-order valence-electron chi connectivity index (χ0n) is 16.2. The van der Waals surface area contributed by atoms with E-state index in [9.17, 15) is 18.0 Å². The zero-order valence-corrected chi connectivity index (χ0v) is 17.0. The van der Waals surface area contributed by atoms with Crippen molar-refractivity contribution in [1.29, 1.82) is 0 Å². The maximum Gasteiger partial charge on any atom is 0.416 e. The van der Waals surface area contributed by atoms with Crippen molar-refractivity contribution in [2.24, 2.45) is 0 Å². The molecule has 6 nitrogen and oxygen atoms in total. The summed E-state index contributed by atoms with van der Waals surface area (Å²) in [6, 6.07) is 3.48. The largest absolute Gasteiger partial charge is 0.478 e. The Hall–Kier alpha value is -2.55. The minimum Gasteiger partial charge on any atom is -0.478 e. The van der Waals surface area contributed by atoms with Crippen molar-refractivity contribution in [2.45, 2.75) is 31.9 Å². The highest BCUT2D eigenvalue weighted by Crippen LogP contribution is 2.34. The molecule has 2 aromatic heterocycles. The van der Waals surface area contributed by atoms with Gasteiger partial charge >= 0.3 is 6.18 Å². The highest BCUT2D eigenvalue weighted by Gasteiger charge is 2.32. The van der Waals surface area contributed by atoms with Crippen molar-refractivity contribution >= 4 is 23.3 Å². The number of carbonyl (C=O) groups is 1. The number of amides is 1. The molecule has 162 valence electrons. The maximum absolute atomic E-state index is 13.3. The summed E-state index contributed by atoms with van der Waals surface area (Å²) in [6.45, 7) is 1.73. The van der Waals surface area contributed by atoms with E-state index in [-0.39, 0.29) is 41.3 Å². The molecule has 0 atom stereocenters. The van der Waals surface area contributed by atoms with Crippen molar-refractivity contribution < 1.29 is 22.7 Å². The van der Waals surface area contributed by atoms with Gasteiger partial charge in [-0.2, -0.15) is 18.2 Å². The van der Waals surface area contributed by atoms with Crippen molar-refractivity contribution in [1.82, 2.24) is 15.3 Å². The highest BCUT2D eigenvalue weighted by atomic mass is 35.5. The molecule has 1 aliphatic heterocycles. The second-order valence-corrected chi connectivity index (χ2v) is 7.32. The van der Waals surface area contributed by atoms with Gasteiger partial charge in [0.25, 0.3) is 5.91 Å². The van der Waals surface area contributed by atoms with Gasteiger partial charge in [0.2, 0.25) is 5.88 Å². The molecule has 2 aromatic rings. The van der Waals surface area contributed by atoms with E-state index in [1.54, 1.807) is 0 Å². The third-order valence-electron chi connectivity index (χ3n) is 4.66. The molecule has 0 aromatic carbocycles. The van der Waals surface area contributed by atoms with Crippen LogP contribution in [0.5, 0.6) is 5.88 Å². The van der Waals surface area contributed by atoms with Crippen LogP contribution in [0.4, 0.5) is 19.0 Å². The van der Waals surface area contributed by atoms with Gasteiger partial charge in [-0.25, -0.2) is 0 Å². The van der Waals surface area contributed by atoms with Crippen LogP contribution in [0.3, 0.4) is 0 Å². The lowest BCUT2D eigenvalue weighted by molar-refractivity contribution is -0.137. The van der Waals surface area contributed by atoms with E-state index >= 15 is 0 Å². The molecule has 10 heteroatoms. The highest BCUT2D eigenvalue weighted by molar-refractivity contribution is 6.33. The molecule has 0 radical (unpaired) electrons. The Kier molecular flexibility index (Phi) is 7.36. The first-order valence-electron chi connectivity index (χ1n) is 9.69. The third-order valence-corrected chi connectivity index (χ3v) is 4.99. The van der Waals surface area contributed by atoms with Gasteiger partial charge in [-0.05, 0) is 37.8 Å². The van der Waals surface area contributed by atoms with E-state index in [4.69, 9.17) is 16.3 Å². The first kappa shape index (κ1) is 22.1. The number of aromatic nitrogens is 2. The summed E-state index contributed by atoms with van der Waals surface area (Å²) < 4.78 is 45.3. The van der Waals surface area contributed by atoms with Gasteiger partial charge in [-0.3, -0.25) is 9.78 Å². The second-order valence-electron chi connectivity index (χ2n) is 6.91. The number of nitrogens with one attached hydrogen (secondary N) is 1. The van der Waals surface area contributed by atoms with E-state index in [0.717, 1.165) is 31.4 Å². The molecule has 0 spiro atoms. The van der Waals surface area contributed by atoms with Gasteiger partial charge in [-0.15, -0.1) is 0 Å². The van der Waals surface area contributed by atoms with Crippen LogP contribution < -0.4 is 15.0 Å². The molecule has 0 saturated carbocycles. The topological polar surface area (TPSA) is 67.3 Å². The summed E-state index contributed by atoms with van der Waals surface area (Å²) in [6.07, 6.45) is 1.66. The summed E-state index contributed by atoms with van der Waals surface area (Å²) in [7, 11) is 0. The molecule has 3 rings (SSSR count). The fourth-order valence-corrected chi connectivity index (χ4v) is 3.30. The number of alkyl halides is 3. The molecule has 1 fully saturated rings. The van der Waals surface area contributed by atoms with Gasteiger partial charge in [0.1, 0.15) is 5.82 Å². The number of nitrogens with zero attached hydrogens (tertiary/aromatic N) is 3. The predicted molar refractivity (Wildman–Crippen MR) is 107 cm³/mol. The lowest BCUT2D eigenvalue weighted by Gasteiger charge is -2.28. The van der Waals surface area contributed by atoms with Crippen molar-refractivity contribution in [3.05, 3.63) is 46.7 Å². The van der Waals surface area contributed by atoms with E-state index < -0.39 is 11.7 Å². The zero-order chi connectivity index (χ0) is 21.6. The molecule has 0 aliphatic carbocycles. The van der Waals surface area contributed by atoms with E-state index in [2.05, 4.69) is 15.3 Å². The maximum atomic E-state index is 13.3. The molecule has 0 bridgehead atoms. The van der Waals surface area contributed by atoms with Gasteiger partial charge < -0.3 is 15.0 Å². The minimum absolute atomic E-state index is 0.0768. The normalized spacial score (nSPS) is 14.5. The summed E-state index contributed by atoms with van der Waals surface area (Å²) >= 11 is 5.94. The van der Waals surface area contributed by atoms with Crippen LogP contribution in [-0.2, 0) is 6.18 Å². The SMILES string of the molecule is O=C(NCCCOc1cc(C(F)(F)F)cc(N2CCCCC2)n1)c1cnccc1Cl. The first-order valence-corrected chi connectivity index (χ1v) is 10.1. The summed E-state index contributed by atoms with van der Waals surface area (Å²) in [5, 5.41) is 2.96. The fourth-order valence-electron chi connectivity index (χ4n) is 3.10. The number of pyridine rings is 2. The monoisotopic (exact) mass is 442 g/mol. The number of carbonyl (C=O) groups excluding carboxylic acids is 1. The van der Waals surface area contributed by atoms with Gasteiger partial charge in [-0.1, -0.05) is 11.6 Å². The van der Waals surface area contributed by atoms with Crippen molar-refractivity contribution in [2.75, 3.05) is 31.1 Å². The van der Waals surface area contributed by atoms with E-state index in [1.807, 2.05) is 4.90 Å². The molecular formula is C20H22ClF3N4O2. The van der Waals surface area contributed by atoms with Crippen molar-refractivity contribution in [3.8, 4) is 5.88 Å². The lowest BCUT2D eigenvalue weighted by atomic mass is 10.1. The number of hydrogen-bond acceptors (Lipinski definition) is 5. The Morgan fingerprint density at radius 3 is 2.70 bits per heavy atom. The minimum atomic E-state index is -4.48. The van der Waals surface area contributed by atoms with Crippen LogP contribution in [0.1, 0.15) is 41.6 Å². The smallest absolute Gasteiger partial charge is 0.416 e. The van der Waals surface area contributed by atoms with Crippen LogP contribution in [0.25, 0.3) is 0 Å². The number of piperidine rings is 1. The van der Waals surface area contributed by atoms with Gasteiger partial charge in [0, 0.05) is 38.1 Å². The lowest BCUT2D eigenvalue weighted by Crippen LogP contribution is -2.30. The Morgan fingerprint density at radius 2 is 2.00 bits per heavy atom. The standard InChI is InChI=1S/C20H22ClF3N4O2/c21-16-5-7-25-13-15(16)19(29)26-6-4-10-30-18-12-14(20(22,23)24)11-17(27-18)28-8-2-1-3-9-28/h5,7,11-13H,1-4,6,8-10H2,(H,26,29). The number of rotatable bonds is 7. The summed E-state index contributed by atoms with van der Waals surface area (Å²) in [5.41, 5.74) is -0.529. The number of ether oxygens (including phenoxy) is 1. The first-order chi connectivity index (χ1) is 14.3. The van der Waals surface area contributed by atoms with Gasteiger partial charge in [0.15, 0.2) is 0 Å². The molecule has 1 saturated heterocycles. The third kappa shape index (κ3) is 5.98. The second kappa shape index (κ2) is 9.97. The molecule has 1 amide bonds. The molecule has 30 heavy (non-hydrogen) atoms. The Balaban J connectivity index is 1.56. The van der Waals surface area contributed by atoms with Crippen LogP contribution in [0.15, 0.2) is 30.6 Å². The number of hydrogen-bond donors (Lipinski definition) is 1. The molecule has 3 heterocycles. The summed E-state index contributed by atoms with van der Waals surface area (Å²) in [5.74, 6) is -0.177. The molecule has 1 N–H and O–H groups in total. The average Bonchev–Trinajstić information content (AvgIpc) is 2.73. The quantitative estimate of drug-likeness (QED) is 0.646. The molecular weight excluding hydrogens is 421 g/mol. The van der Waals surface area contributed by atoms with Gasteiger partial charge in [0.05, 0.1) is 22.8 Å². The predicted octanol–water partition coefficient (Wildman–Crippen LogP) is 4.34. The number of halogens is 4. The Labute approximate surface area is 177 Å².